The smallest absolute Gasteiger partial charge is 0.237 e. The highest BCUT2D eigenvalue weighted by Gasteiger charge is 2.35. The number of methoxy groups -OCH3 is 1. The number of hydrogen-bond donors (Lipinski definition) is 1. The zero-order chi connectivity index (χ0) is 16.9. The van der Waals surface area contributed by atoms with E-state index in [9.17, 15) is 18.3 Å². The number of amides is 1. The first-order valence-electron chi connectivity index (χ1n) is 8.27. The van der Waals surface area contributed by atoms with Gasteiger partial charge in [0.05, 0.1) is 24.7 Å². The van der Waals surface area contributed by atoms with Crippen molar-refractivity contribution in [3.63, 3.8) is 0 Å². The molecule has 0 aromatic rings. The zero-order valence-corrected chi connectivity index (χ0v) is 14.6. The van der Waals surface area contributed by atoms with Crippen molar-refractivity contribution < 1.29 is 23.1 Å². The Balaban J connectivity index is 1.91. The van der Waals surface area contributed by atoms with Gasteiger partial charge in [0, 0.05) is 26.3 Å². The first kappa shape index (κ1) is 18.6. The molecule has 2 heterocycles. The Morgan fingerprint density at radius 1 is 1.30 bits per heavy atom. The quantitative estimate of drug-likeness (QED) is 0.658. The number of piperidine rings is 1. The Kier molecular flexibility index (Phi) is 6.82. The van der Waals surface area contributed by atoms with Crippen molar-refractivity contribution in [2.45, 2.75) is 25.3 Å². The molecule has 1 amide bonds. The van der Waals surface area contributed by atoms with Crippen LogP contribution in [-0.2, 0) is 19.4 Å². The van der Waals surface area contributed by atoms with Gasteiger partial charge in [0.1, 0.15) is 0 Å². The van der Waals surface area contributed by atoms with Crippen LogP contribution >= 0.6 is 0 Å². The highest BCUT2D eigenvalue weighted by Crippen LogP contribution is 2.20. The molecule has 7 nitrogen and oxygen atoms in total. The van der Waals surface area contributed by atoms with Gasteiger partial charge in [-0.3, -0.25) is 9.69 Å². The second-order valence-corrected chi connectivity index (χ2v) is 8.77. The fourth-order valence-electron chi connectivity index (χ4n) is 3.33. The number of nitrogens with zero attached hydrogens (tertiary/aromatic N) is 2. The molecule has 8 heteroatoms. The Morgan fingerprint density at radius 2 is 2.00 bits per heavy atom. The van der Waals surface area contributed by atoms with E-state index in [2.05, 4.69) is 4.90 Å². The van der Waals surface area contributed by atoms with Crippen molar-refractivity contribution in [3.8, 4) is 0 Å². The summed E-state index contributed by atoms with van der Waals surface area (Å²) in [5.41, 5.74) is 0. The van der Waals surface area contributed by atoms with E-state index in [4.69, 9.17) is 4.74 Å². The van der Waals surface area contributed by atoms with Gasteiger partial charge in [0.15, 0.2) is 9.84 Å². The minimum atomic E-state index is -3.02. The molecular weight excluding hydrogens is 320 g/mol. The second kappa shape index (κ2) is 8.41. The Morgan fingerprint density at radius 3 is 2.52 bits per heavy atom. The predicted molar refractivity (Wildman–Crippen MR) is 86.9 cm³/mol. The molecule has 0 unspecified atom stereocenters. The summed E-state index contributed by atoms with van der Waals surface area (Å²) in [5.74, 6) is 0.545. The topological polar surface area (TPSA) is 87.2 Å². The molecule has 0 saturated carbocycles. The third-order valence-electron chi connectivity index (χ3n) is 4.83. The minimum absolute atomic E-state index is 0.0217. The summed E-state index contributed by atoms with van der Waals surface area (Å²) < 4.78 is 28.5. The molecule has 0 aromatic heterocycles. The van der Waals surface area contributed by atoms with Crippen molar-refractivity contribution in [2.75, 3.05) is 58.0 Å². The monoisotopic (exact) mass is 348 g/mol. The molecule has 0 aliphatic carbocycles. The lowest BCUT2D eigenvalue weighted by Gasteiger charge is -2.34. The number of ether oxygens (including phenoxy) is 1. The van der Waals surface area contributed by atoms with E-state index in [1.165, 1.54) is 0 Å². The van der Waals surface area contributed by atoms with E-state index in [0.717, 1.165) is 25.9 Å². The van der Waals surface area contributed by atoms with Crippen LogP contribution in [0.25, 0.3) is 0 Å². The zero-order valence-electron chi connectivity index (χ0n) is 13.8. The van der Waals surface area contributed by atoms with Crippen molar-refractivity contribution in [1.82, 2.24) is 9.80 Å². The fourth-order valence-corrected chi connectivity index (χ4v) is 5.06. The fraction of sp³-hybridized carbons (Fsp3) is 0.933. The Bertz CT molecular complexity index is 488. The van der Waals surface area contributed by atoms with Crippen LogP contribution < -0.4 is 0 Å². The summed E-state index contributed by atoms with van der Waals surface area (Å²) >= 11 is 0. The molecule has 2 saturated heterocycles. The molecule has 0 aromatic carbocycles. The normalized spacial score (nSPS) is 25.6. The number of carbonyl (C=O) groups is 1. The van der Waals surface area contributed by atoms with E-state index in [0.29, 0.717) is 32.0 Å². The molecule has 134 valence electrons. The van der Waals surface area contributed by atoms with E-state index < -0.39 is 9.84 Å². The largest absolute Gasteiger partial charge is 0.396 e. The van der Waals surface area contributed by atoms with Crippen LogP contribution in [0.3, 0.4) is 0 Å². The van der Waals surface area contributed by atoms with Crippen LogP contribution in [0.5, 0.6) is 0 Å². The van der Waals surface area contributed by atoms with Gasteiger partial charge in [-0.1, -0.05) is 0 Å². The predicted octanol–water partition coefficient (Wildman–Crippen LogP) is -0.647. The summed E-state index contributed by atoms with van der Waals surface area (Å²) in [6, 6.07) is -0.224. The molecule has 0 bridgehead atoms. The molecule has 2 fully saturated rings. The van der Waals surface area contributed by atoms with E-state index in [1.54, 1.807) is 12.0 Å². The van der Waals surface area contributed by atoms with Crippen LogP contribution in [0.1, 0.15) is 19.3 Å². The lowest BCUT2D eigenvalue weighted by atomic mass is 9.98. The van der Waals surface area contributed by atoms with Crippen molar-refractivity contribution in [3.05, 3.63) is 0 Å². The van der Waals surface area contributed by atoms with Gasteiger partial charge >= 0.3 is 0 Å². The van der Waals surface area contributed by atoms with Crippen molar-refractivity contribution in [1.29, 1.82) is 0 Å². The van der Waals surface area contributed by atoms with Crippen LogP contribution in [0.2, 0.25) is 0 Å². The number of rotatable bonds is 7. The molecule has 23 heavy (non-hydrogen) atoms. The average Bonchev–Trinajstić information content (AvgIpc) is 2.88. The number of aliphatic hydroxyl groups is 1. The lowest BCUT2D eigenvalue weighted by Crippen LogP contribution is -2.49. The summed E-state index contributed by atoms with van der Waals surface area (Å²) in [6.07, 6.45) is 2.32. The Hall–Kier alpha value is -0.700. The Labute approximate surface area is 138 Å². The maximum Gasteiger partial charge on any atom is 0.237 e. The maximum atomic E-state index is 12.7. The molecule has 0 spiro atoms. The molecular formula is C15H28N2O5S. The van der Waals surface area contributed by atoms with Crippen LogP contribution in [0.4, 0.5) is 0 Å². The van der Waals surface area contributed by atoms with Crippen LogP contribution in [0, 0.1) is 5.92 Å². The first-order valence-corrected chi connectivity index (χ1v) is 10.1. The van der Waals surface area contributed by atoms with E-state index >= 15 is 0 Å². The summed E-state index contributed by atoms with van der Waals surface area (Å²) in [6.45, 7) is 2.98. The summed E-state index contributed by atoms with van der Waals surface area (Å²) in [4.78, 5) is 16.4. The third-order valence-corrected chi connectivity index (χ3v) is 6.58. The van der Waals surface area contributed by atoms with Crippen molar-refractivity contribution >= 4 is 15.7 Å². The summed E-state index contributed by atoms with van der Waals surface area (Å²) in [5, 5.41) is 9.17. The van der Waals surface area contributed by atoms with E-state index in [-0.39, 0.29) is 30.1 Å². The molecule has 2 aliphatic heterocycles. The van der Waals surface area contributed by atoms with Crippen LogP contribution in [-0.4, -0.2) is 93.3 Å². The molecule has 1 N–H and O–H groups in total. The molecule has 1 atom stereocenters. The number of likely N-dealkylation sites (tertiary alicyclic amines) is 1. The SMILES string of the molecule is COCCN(C(=O)CN1CCC(CO)CC1)[C@@H]1CCS(=O)(=O)C1. The standard InChI is InChI=1S/C15H28N2O5S/c1-22-8-7-17(14-4-9-23(20,21)12-14)15(19)10-16-5-2-13(11-18)3-6-16/h13-14,18H,2-12H2,1H3/t14-/m1/s1. The first-order chi connectivity index (χ1) is 10.9. The van der Waals surface area contributed by atoms with Gasteiger partial charge in [-0.2, -0.15) is 0 Å². The molecule has 2 aliphatic rings. The van der Waals surface area contributed by atoms with E-state index in [1.807, 2.05) is 0 Å². The highest BCUT2D eigenvalue weighted by atomic mass is 32.2. The second-order valence-electron chi connectivity index (χ2n) is 6.54. The van der Waals surface area contributed by atoms with Gasteiger partial charge in [-0.25, -0.2) is 8.42 Å². The number of hydrogen-bond acceptors (Lipinski definition) is 6. The molecule has 2 rings (SSSR count). The van der Waals surface area contributed by atoms with Crippen LogP contribution in [0.15, 0.2) is 0 Å². The van der Waals surface area contributed by atoms with Gasteiger partial charge in [0.25, 0.3) is 0 Å². The van der Waals surface area contributed by atoms with Gasteiger partial charge in [0.2, 0.25) is 5.91 Å². The minimum Gasteiger partial charge on any atom is -0.396 e. The van der Waals surface area contributed by atoms with Gasteiger partial charge in [-0.15, -0.1) is 0 Å². The average molecular weight is 348 g/mol. The maximum absolute atomic E-state index is 12.7. The lowest BCUT2D eigenvalue weighted by molar-refractivity contribution is -0.135. The number of sulfone groups is 1. The summed E-state index contributed by atoms with van der Waals surface area (Å²) in [7, 11) is -1.44. The number of carbonyl (C=O) groups excluding carboxylic acids is 1. The van der Waals surface area contributed by atoms with Gasteiger partial charge < -0.3 is 14.7 Å². The highest BCUT2D eigenvalue weighted by molar-refractivity contribution is 7.91. The molecule has 0 radical (unpaired) electrons. The third kappa shape index (κ3) is 5.41. The van der Waals surface area contributed by atoms with Gasteiger partial charge in [-0.05, 0) is 38.3 Å². The number of aliphatic hydroxyl groups excluding tert-OH is 1. The van der Waals surface area contributed by atoms with Crippen molar-refractivity contribution in [2.24, 2.45) is 5.92 Å².